The van der Waals surface area contributed by atoms with Crippen LogP contribution in [-0.4, -0.2) is 14.6 Å². The smallest absolute Gasteiger partial charge is 0.155 e. The molecule has 0 atom stereocenters. The highest BCUT2D eigenvalue weighted by molar-refractivity contribution is 5.50. The zero-order chi connectivity index (χ0) is 15.7. The molecular formula is C18H18N4. The summed E-state index contributed by atoms with van der Waals surface area (Å²) in [6.07, 6.45) is 3.67. The predicted octanol–water partition coefficient (Wildman–Crippen LogP) is 3.01. The van der Waals surface area contributed by atoms with E-state index in [9.17, 15) is 0 Å². The van der Waals surface area contributed by atoms with E-state index in [0.29, 0.717) is 5.69 Å². The Labute approximate surface area is 130 Å². The van der Waals surface area contributed by atoms with Crippen LogP contribution in [0.15, 0.2) is 42.7 Å². The quantitative estimate of drug-likeness (QED) is 0.511. The highest BCUT2D eigenvalue weighted by Gasteiger charge is 2.17. The summed E-state index contributed by atoms with van der Waals surface area (Å²) in [6, 6.07) is 9.53. The maximum atomic E-state index is 5.75. The number of rotatable bonds is 0. The van der Waals surface area contributed by atoms with Gasteiger partial charge in [-0.25, -0.2) is 9.50 Å². The fourth-order valence-electron chi connectivity index (χ4n) is 2.07. The maximum Gasteiger partial charge on any atom is 0.155 e. The third kappa shape index (κ3) is 2.94. The van der Waals surface area contributed by atoms with Crippen molar-refractivity contribution >= 4 is 11.3 Å². The van der Waals surface area contributed by atoms with Gasteiger partial charge in [-0.2, -0.15) is 5.10 Å². The van der Waals surface area contributed by atoms with Gasteiger partial charge in [-0.3, -0.25) is 0 Å². The van der Waals surface area contributed by atoms with Crippen LogP contribution in [-0.2, 0) is 5.41 Å². The first-order valence-corrected chi connectivity index (χ1v) is 7.15. The molecule has 4 heteroatoms. The second kappa shape index (κ2) is 5.19. The van der Waals surface area contributed by atoms with Crippen LogP contribution in [0.3, 0.4) is 0 Å². The monoisotopic (exact) mass is 290 g/mol. The lowest BCUT2D eigenvalue weighted by Crippen LogP contribution is -2.11. The van der Waals surface area contributed by atoms with Crippen LogP contribution >= 0.6 is 0 Å². The molecule has 4 nitrogen and oxygen atoms in total. The standard InChI is InChI=1S/C18H18N4/c1-18(2,3)16-10-17-20-11-14(12-22(17)21-16)8-7-13-5-4-6-15(19)9-13/h4-6,9-12H,19H2,1-3H3. The molecule has 0 aliphatic carbocycles. The molecule has 2 heterocycles. The molecule has 0 spiro atoms. The van der Waals surface area contributed by atoms with Gasteiger partial charge in [0.2, 0.25) is 0 Å². The van der Waals surface area contributed by atoms with Gasteiger partial charge in [0.25, 0.3) is 0 Å². The predicted molar refractivity (Wildman–Crippen MR) is 88.5 cm³/mol. The molecule has 0 amide bonds. The molecule has 0 bridgehead atoms. The average Bonchev–Trinajstić information content (AvgIpc) is 2.88. The van der Waals surface area contributed by atoms with Gasteiger partial charge < -0.3 is 5.73 Å². The summed E-state index contributed by atoms with van der Waals surface area (Å²) in [5, 5.41) is 4.58. The van der Waals surface area contributed by atoms with Crippen molar-refractivity contribution in [3.63, 3.8) is 0 Å². The summed E-state index contributed by atoms with van der Waals surface area (Å²) < 4.78 is 1.78. The normalized spacial score (nSPS) is 11.2. The van der Waals surface area contributed by atoms with Crippen LogP contribution < -0.4 is 5.73 Å². The highest BCUT2D eigenvalue weighted by atomic mass is 15.2. The number of nitrogens with two attached hydrogens (primary N) is 1. The number of aromatic nitrogens is 3. The van der Waals surface area contributed by atoms with Gasteiger partial charge in [0.15, 0.2) is 5.65 Å². The van der Waals surface area contributed by atoms with Crippen molar-refractivity contribution in [2.75, 3.05) is 5.73 Å². The number of nitrogens with zero attached hydrogens (tertiary/aromatic N) is 3. The van der Waals surface area contributed by atoms with E-state index in [1.54, 1.807) is 10.7 Å². The van der Waals surface area contributed by atoms with Crippen molar-refractivity contribution in [1.29, 1.82) is 0 Å². The van der Waals surface area contributed by atoms with Gasteiger partial charge in [-0.15, -0.1) is 0 Å². The first-order valence-electron chi connectivity index (χ1n) is 7.15. The van der Waals surface area contributed by atoms with Crippen molar-refractivity contribution in [1.82, 2.24) is 14.6 Å². The molecular weight excluding hydrogens is 272 g/mol. The van der Waals surface area contributed by atoms with E-state index in [4.69, 9.17) is 5.73 Å². The van der Waals surface area contributed by atoms with E-state index in [2.05, 4.69) is 42.7 Å². The Morgan fingerprint density at radius 1 is 1.09 bits per heavy atom. The third-order valence-electron chi connectivity index (χ3n) is 3.32. The molecule has 3 aromatic rings. The van der Waals surface area contributed by atoms with Gasteiger partial charge in [0.1, 0.15) is 0 Å². The second-order valence-electron chi connectivity index (χ2n) is 6.30. The Bertz CT molecular complexity index is 889. The molecule has 22 heavy (non-hydrogen) atoms. The van der Waals surface area contributed by atoms with Crippen molar-refractivity contribution in [2.45, 2.75) is 26.2 Å². The minimum atomic E-state index is 0.00110. The number of fused-ring (bicyclic) bond motifs is 1. The maximum absolute atomic E-state index is 5.75. The van der Waals surface area contributed by atoms with E-state index in [-0.39, 0.29) is 5.41 Å². The fraction of sp³-hybridized carbons (Fsp3) is 0.222. The Morgan fingerprint density at radius 2 is 1.86 bits per heavy atom. The molecule has 110 valence electrons. The highest BCUT2D eigenvalue weighted by Crippen LogP contribution is 2.21. The van der Waals surface area contributed by atoms with Gasteiger partial charge in [-0.05, 0) is 18.2 Å². The van der Waals surface area contributed by atoms with Crippen LogP contribution in [0.5, 0.6) is 0 Å². The number of hydrogen-bond donors (Lipinski definition) is 1. The Hall–Kier alpha value is -2.80. The van der Waals surface area contributed by atoms with Gasteiger partial charge in [0, 0.05) is 35.1 Å². The molecule has 0 aliphatic rings. The summed E-state index contributed by atoms with van der Waals surface area (Å²) >= 11 is 0. The summed E-state index contributed by atoms with van der Waals surface area (Å²) in [7, 11) is 0. The van der Waals surface area contributed by atoms with Gasteiger partial charge in [0.05, 0.1) is 11.3 Å². The molecule has 0 saturated carbocycles. The molecule has 0 saturated heterocycles. The van der Waals surface area contributed by atoms with Crippen molar-refractivity contribution in [3.8, 4) is 11.8 Å². The van der Waals surface area contributed by atoms with Gasteiger partial charge >= 0.3 is 0 Å². The molecule has 0 radical (unpaired) electrons. The number of hydrogen-bond acceptors (Lipinski definition) is 3. The Morgan fingerprint density at radius 3 is 2.59 bits per heavy atom. The first-order chi connectivity index (χ1) is 10.4. The van der Waals surface area contributed by atoms with E-state index in [1.807, 2.05) is 36.5 Å². The number of anilines is 1. The minimum Gasteiger partial charge on any atom is -0.399 e. The summed E-state index contributed by atoms with van der Waals surface area (Å²) in [5.41, 5.74) is 10.0. The summed E-state index contributed by atoms with van der Waals surface area (Å²) in [5.74, 6) is 6.19. The molecule has 0 aliphatic heterocycles. The summed E-state index contributed by atoms with van der Waals surface area (Å²) in [4.78, 5) is 4.42. The third-order valence-corrected chi connectivity index (χ3v) is 3.32. The molecule has 0 unspecified atom stereocenters. The van der Waals surface area contributed by atoms with E-state index in [0.717, 1.165) is 22.5 Å². The van der Waals surface area contributed by atoms with E-state index in [1.165, 1.54) is 0 Å². The van der Waals surface area contributed by atoms with Gasteiger partial charge in [-0.1, -0.05) is 38.7 Å². The Balaban J connectivity index is 1.96. The SMILES string of the molecule is CC(C)(C)c1cc2ncc(C#Cc3cccc(N)c3)cn2n1. The topological polar surface area (TPSA) is 56.2 Å². The van der Waals surface area contributed by atoms with Crippen LogP contribution in [0, 0.1) is 11.8 Å². The molecule has 2 aromatic heterocycles. The van der Waals surface area contributed by atoms with Crippen LogP contribution in [0.4, 0.5) is 5.69 Å². The van der Waals surface area contributed by atoms with Crippen molar-refractivity contribution < 1.29 is 0 Å². The molecule has 0 fully saturated rings. The lowest BCUT2D eigenvalue weighted by Gasteiger charge is -2.13. The fourth-order valence-corrected chi connectivity index (χ4v) is 2.07. The molecule has 3 rings (SSSR count). The van der Waals surface area contributed by atoms with E-state index < -0.39 is 0 Å². The largest absolute Gasteiger partial charge is 0.399 e. The van der Waals surface area contributed by atoms with Crippen LogP contribution in [0.2, 0.25) is 0 Å². The zero-order valence-corrected chi connectivity index (χ0v) is 13.0. The van der Waals surface area contributed by atoms with Crippen molar-refractivity contribution in [3.05, 3.63) is 59.5 Å². The zero-order valence-electron chi connectivity index (χ0n) is 13.0. The lowest BCUT2D eigenvalue weighted by molar-refractivity contribution is 0.562. The van der Waals surface area contributed by atoms with E-state index >= 15 is 0 Å². The summed E-state index contributed by atoms with van der Waals surface area (Å²) in [6.45, 7) is 6.40. The van der Waals surface area contributed by atoms with Crippen molar-refractivity contribution in [2.24, 2.45) is 0 Å². The number of nitrogen functional groups attached to an aromatic ring is 1. The number of benzene rings is 1. The molecule has 1 aromatic carbocycles. The van der Waals surface area contributed by atoms with Crippen LogP contribution in [0.1, 0.15) is 37.6 Å². The minimum absolute atomic E-state index is 0.00110. The average molecular weight is 290 g/mol. The Kier molecular flexibility index (Phi) is 3.34. The second-order valence-corrected chi connectivity index (χ2v) is 6.30. The molecule has 2 N–H and O–H groups in total. The van der Waals surface area contributed by atoms with Crippen LogP contribution in [0.25, 0.3) is 5.65 Å². The first kappa shape index (κ1) is 14.2. The lowest BCUT2D eigenvalue weighted by atomic mass is 9.93.